The summed E-state index contributed by atoms with van der Waals surface area (Å²) in [6.45, 7) is 1.29. The fourth-order valence-electron chi connectivity index (χ4n) is 3.84. The number of urea groups is 1. The topological polar surface area (TPSA) is 77.2 Å². The zero-order valence-electron chi connectivity index (χ0n) is 16.4. The van der Waals surface area contributed by atoms with Crippen molar-refractivity contribution < 1.29 is 9.59 Å². The number of aromatic amines is 1. The van der Waals surface area contributed by atoms with Crippen molar-refractivity contribution in [3.63, 3.8) is 0 Å². The minimum absolute atomic E-state index is 0.0717. The van der Waals surface area contributed by atoms with Gasteiger partial charge < -0.3 is 20.5 Å². The number of H-pyrrole nitrogens is 1. The summed E-state index contributed by atoms with van der Waals surface area (Å²) in [5.41, 5.74) is 3.07. The van der Waals surface area contributed by atoms with E-state index in [4.69, 9.17) is 0 Å². The van der Waals surface area contributed by atoms with Crippen LogP contribution in [0.15, 0.2) is 60.8 Å². The summed E-state index contributed by atoms with van der Waals surface area (Å²) in [6.07, 6.45) is 4.73. The monoisotopic (exact) mass is 390 g/mol. The zero-order chi connectivity index (χ0) is 20.1. The molecule has 0 radical (unpaired) electrons. The lowest BCUT2D eigenvalue weighted by Crippen LogP contribution is -2.47. The molecule has 6 heteroatoms. The first-order valence-corrected chi connectivity index (χ1v) is 10.1. The Balaban J connectivity index is 1.21. The second-order valence-corrected chi connectivity index (χ2v) is 7.48. The molecule has 0 spiro atoms. The van der Waals surface area contributed by atoms with Crippen LogP contribution >= 0.6 is 0 Å². The maximum absolute atomic E-state index is 12.4. The van der Waals surface area contributed by atoms with Gasteiger partial charge >= 0.3 is 6.03 Å². The average Bonchev–Trinajstić information content (AvgIpc) is 3.17. The van der Waals surface area contributed by atoms with Crippen molar-refractivity contribution in [2.45, 2.75) is 31.7 Å². The van der Waals surface area contributed by atoms with Gasteiger partial charge in [-0.05, 0) is 43.0 Å². The maximum atomic E-state index is 12.4. The van der Waals surface area contributed by atoms with Crippen LogP contribution in [0.5, 0.6) is 0 Å². The summed E-state index contributed by atoms with van der Waals surface area (Å²) in [6, 6.07) is 17.6. The van der Waals surface area contributed by atoms with Crippen LogP contribution in [0.2, 0.25) is 0 Å². The minimum Gasteiger partial charge on any atom is -0.361 e. The number of nitrogens with zero attached hydrogens (tertiary/aromatic N) is 1. The third-order valence-electron chi connectivity index (χ3n) is 5.47. The predicted molar refractivity (Wildman–Crippen MR) is 115 cm³/mol. The lowest BCUT2D eigenvalue weighted by atomic mass is 10.0. The number of fused-ring (bicyclic) bond motifs is 1. The Morgan fingerprint density at radius 3 is 2.52 bits per heavy atom. The summed E-state index contributed by atoms with van der Waals surface area (Å²) in [4.78, 5) is 29.8. The van der Waals surface area contributed by atoms with Crippen LogP contribution in [0.3, 0.4) is 0 Å². The van der Waals surface area contributed by atoms with Crippen LogP contribution in [0.1, 0.15) is 24.8 Å². The average molecular weight is 390 g/mol. The highest BCUT2D eigenvalue weighted by molar-refractivity contribution is 5.89. The molecule has 1 aliphatic heterocycles. The Bertz CT molecular complexity index is 975. The molecule has 1 aromatic heterocycles. The van der Waals surface area contributed by atoms with Gasteiger partial charge in [0, 0.05) is 48.3 Å². The molecule has 3 aromatic rings. The number of piperidine rings is 1. The van der Waals surface area contributed by atoms with E-state index in [1.165, 1.54) is 10.9 Å². The lowest BCUT2D eigenvalue weighted by Gasteiger charge is -2.32. The van der Waals surface area contributed by atoms with Gasteiger partial charge in [-0.1, -0.05) is 36.4 Å². The molecule has 0 bridgehead atoms. The van der Waals surface area contributed by atoms with E-state index in [0.29, 0.717) is 25.9 Å². The molecule has 1 fully saturated rings. The number of rotatable bonds is 5. The zero-order valence-corrected chi connectivity index (χ0v) is 16.4. The molecule has 150 valence electrons. The van der Waals surface area contributed by atoms with Crippen LogP contribution in [0, 0.1) is 0 Å². The molecule has 2 heterocycles. The molecule has 0 atom stereocenters. The molecule has 4 rings (SSSR count). The Kier molecular flexibility index (Phi) is 5.79. The van der Waals surface area contributed by atoms with Gasteiger partial charge in [0.1, 0.15) is 0 Å². The lowest BCUT2D eigenvalue weighted by molar-refractivity contribution is -0.122. The van der Waals surface area contributed by atoms with Crippen LogP contribution in [0.4, 0.5) is 10.5 Å². The number of carbonyl (C=O) groups is 2. The van der Waals surface area contributed by atoms with E-state index in [0.717, 1.165) is 24.0 Å². The van der Waals surface area contributed by atoms with Crippen molar-refractivity contribution >= 4 is 28.5 Å². The van der Waals surface area contributed by atoms with Gasteiger partial charge in [0.2, 0.25) is 5.91 Å². The second-order valence-electron chi connectivity index (χ2n) is 7.48. The molecular formula is C23H26N4O2. The number of para-hydroxylation sites is 2. The highest BCUT2D eigenvalue weighted by atomic mass is 16.2. The number of aryl methyl sites for hydroxylation is 1. The number of aromatic nitrogens is 1. The summed E-state index contributed by atoms with van der Waals surface area (Å²) in [7, 11) is 0. The van der Waals surface area contributed by atoms with E-state index in [-0.39, 0.29) is 18.0 Å². The largest absolute Gasteiger partial charge is 0.361 e. The molecule has 3 amide bonds. The number of anilines is 1. The Hall–Kier alpha value is -3.28. The van der Waals surface area contributed by atoms with E-state index < -0.39 is 0 Å². The predicted octanol–water partition coefficient (Wildman–Crippen LogP) is 3.91. The van der Waals surface area contributed by atoms with Gasteiger partial charge in [-0.25, -0.2) is 4.79 Å². The summed E-state index contributed by atoms with van der Waals surface area (Å²) < 4.78 is 0. The van der Waals surface area contributed by atoms with E-state index >= 15 is 0 Å². The van der Waals surface area contributed by atoms with Crippen molar-refractivity contribution in [2.24, 2.45) is 0 Å². The Labute approximate surface area is 170 Å². The summed E-state index contributed by atoms with van der Waals surface area (Å²) in [5, 5.41) is 7.22. The number of amides is 3. The highest BCUT2D eigenvalue weighted by Gasteiger charge is 2.23. The minimum atomic E-state index is -0.0830. The Morgan fingerprint density at radius 2 is 1.72 bits per heavy atom. The van der Waals surface area contributed by atoms with Gasteiger partial charge in [0.15, 0.2) is 0 Å². The molecule has 29 heavy (non-hydrogen) atoms. The third-order valence-corrected chi connectivity index (χ3v) is 5.47. The van der Waals surface area contributed by atoms with Gasteiger partial charge in [-0.15, -0.1) is 0 Å². The number of carbonyl (C=O) groups excluding carboxylic acids is 2. The fourth-order valence-corrected chi connectivity index (χ4v) is 3.84. The van der Waals surface area contributed by atoms with Crippen LogP contribution in [0.25, 0.3) is 10.9 Å². The molecular weight excluding hydrogens is 364 g/mol. The van der Waals surface area contributed by atoms with E-state index in [9.17, 15) is 9.59 Å². The highest BCUT2D eigenvalue weighted by Crippen LogP contribution is 2.19. The Morgan fingerprint density at radius 1 is 1.00 bits per heavy atom. The molecule has 1 aliphatic rings. The number of nitrogens with one attached hydrogen (secondary N) is 3. The molecule has 0 unspecified atom stereocenters. The smallest absolute Gasteiger partial charge is 0.321 e. The van der Waals surface area contributed by atoms with Crippen molar-refractivity contribution in [2.75, 3.05) is 18.4 Å². The van der Waals surface area contributed by atoms with Crippen molar-refractivity contribution in [3.05, 3.63) is 66.4 Å². The molecule has 6 nitrogen and oxygen atoms in total. The van der Waals surface area contributed by atoms with Crippen molar-refractivity contribution in [1.29, 1.82) is 0 Å². The normalized spacial score (nSPS) is 14.7. The van der Waals surface area contributed by atoms with Crippen LogP contribution < -0.4 is 10.6 Å². The van der Waals surface area contributed by atoms with Crippen molar-refractivity contribution in [1.82, 2.24) is 15.2 Å². The van der Waals surface area contributed by atoms with Crippen molar-refractivity contribution in [3.8, 4) is 0 Å². The molecule has 1 saturated heterocycles. The second kappa shape index (κ2) is 8.82. The van der Waals surface area contributed by atoms with Gasteiger partial charge in [-0.3, -0.25) is 4.79 Å². The first-order valence-electron chi connectivity index (χ1n) is 10.1. The third kappa shape index (κ3) is 4.77. The fraction of sp³-hybridized carbons (Fsp3) is 0.304. The molecule has 0 aliphatic carbocycles. The molecule has 2 aromatic carbocycles. The number of hydrogen-bond donors (Lipinski definition) is 3. The standard InChI is InChI=1S/C23H26N4O2/c28-22(11-10-17-16-24-21-9-5-4-8-20(17)21)25-19-12-14-27(15-13-19)23(29)26-18-6-2-1-3-7-18/h1-9,16,19,24H,10-15H2,(H,25,28)(H,26,29). The van der Waals surface area contributed by atoms with Crippen LogP contribution in [-0.4, -0.2) is 41.0 Å². The summed E-state index contributed by atoms with van der Waals surface area (Å²) >= 11 is 0. The first-order chi connectivity index (χ1) is 14.2. The summed E-state index contributed by atoms with van der Waals surface area (Å²) in [5.74, 6) is 0.0717. The van der Waals surface area contributed by atoms with Gasteiger partial charge in [0.25, 0.3) is 0 Å². The van der Waals surface area contributed by atoms with E-state index in [1.807, 2.05) is 59.6 Å². The van der Waals surface area contributed by atoms with Gasteiger partial charge in [-0.2, -0.15) is 0 Å². The number of benzene rings is 2. The van der Waals surface area contributed by atoms with E-state index in [1.54, 1.807) is 0 Å². The van der Waals surface area contributed by atoms with Gasteiger partial charge in [0.05, 0.1) is 0 Å². The SMILES string of the molecule is O=C(CCc1c[nH]c2ccccc12)NC1CCN(C(=O)Nc2ccccc2)CC1. The maximum Gasteiger partial charge on any atom is 0.321 e. The molecule has 3 N–H and O–H groups in total. The van der Waals surface area contributed by atoms with E-state index in [2.05, 4.69) is 21.7 Å². The molecule has 0 saturated carbocycles. The number of hydrogen-bond acceptors (Lipinski definition) is 2. The van der Waals surface area contributed by atoms with Crippen LogP contribution in [-0.2, 0) is 11.2 Å². The first kappa shape index (κ1) is 19.1. The number of likely N-dealkylation sites (tertiary alicyclic amines) is 1. The quantitative estimate of drug-likeness (QED) is 0.618.